The van der Waals surface area contributed by atoms with E-state index in [1.807, 2.05) is 33.8 Å². The van der Waals surface area contributed by atoms with Crippen molar-refractivity contribution >= 4 is 11.4 Å². The van der Waals surface area contributed by atoms with E-state index in [9.17, 15) is 0 Å². The van der Waals surface area contributed by atoms with Crippen molar-refractivity contribution in [1.82, 2.24) is 0 Å². The Bertz CT molecular complexity index is 283. The maximum atomic E-state index is 7.73. The van der Waals surface area contributed by atoms with Gasteiger partial charge in [-0.2, -0.15) is 0 Å². The van der Waals surface area contributed by atoms with Crippen molar-refractivity contribution < 1.29 is 0 Å². The molecule has 2 nitrogen and oxygen atoms in total. The molecule has 0 aliphatic heterocycles. The Hall–Kier alpha value is -1.18. The Balaban J connectivity index is 4.16. The van der Waals surface area contributed by atoms with Gasteiger partial charge in [-0.05, 0) is 19.8 Å². The van der Waals surface area contributed by atoms with Gasteiger partial charge in [0.2, 0.25) is 0 Å². The summed E-state index contributed by atoms with van der Waals surface area (Å²) < 4.78 is 0. The van der Waals surface area contributed by atoms with E-state index >= 15 is 0 Å². The summed E-state index contributed by atoms with van der Waals surface area (Å²) in [7, 11) is 0. The summed E-state index contributed by atoms with van der Waals surface area (Å²) in [5, 5.41) is 7.73. The third kappa shape index (κ3) is 6.83. The first-order valence-electron chi connectivity index (χ1n) is 5.32. The fourth-order valence-electron chi connectivity index (χ4n) is 1.05. The maximum Gasteiger partial charge on any atom is 0.0599 e. The molecule has 0 spiro atoms. The smallest absolute Gasteiger partial charge is 0.0599 e. The summed E-state index contributed by atoms with van der Waals surface area (Å²) in [6, 6.07) is 0. The molecule has 84 valence electrons. The van der Waals surface area contributed by atoms with Gasteiger partial charge in [0.15, 0.2) is 0 Å². The Morgan fingerprint density at radius 3 is 2.47 bits per heavy atom. The maximum absolute atomic E-state index is 7.73. The first-order valence-corrected chi connectivity index (χ1v) is 5.32. The molecule has 0 rings (SSSR count). The first-order chi connectivity index (χ1) is 6.97. The normalized spacial score (nSPS) is 13.1. The first kappa shape index (κ1) is 13.8. The van der Waals surface area contributed by atoms with Crippen LogP contribution < -0.4 is 0 Å². The van der Waals surface area contributed by atoms with Crippen LogP contribution in [0.2, 0.25) is 0 Å². The van der Waals surface area contributed by atoms with Crippen LogP contribution in [-0.4, -0.2) is 18.0 Å². The molecular formula is C13H22N2. The van der Waals surface area contributed by atoms with E-state index in [1.165, 1.54) is 5.57 Å². The molecule has 0 aromatic carbocycles. The Morgan fingerprint density at radius 2 is 2.00 bits per heavy atom. The average Bonchev–Trinajstić information content (AvgIpc) is 2.15. The molecule has 0 aromatic heterocycles. The minimum Gasteiger partial charge on any atom is -0.309 e. The summed E-state index contributed by atoms with van der Waals surface area (Å²) in [5.41, 5.74) is 2.98. The molecule has 0 saturated heterocycles. The number of allylic oxidation sites excluding steroid dienone is 2. The number of nitrogens with zero attached hydrogens (tertiary/aromatic N) is 1. The highest BCUT2D eigenvalue weighted by Crippen LogP contribution is 2.02. The van der Waals surface area contributed by atoms with Crippen LogP contribution in [0.15, 0.2) is 29.3 Å². The van der Waals surface area contributed by atoms with Gasteiger partial charge in [0.25, 0.3) is 0 Å². The lowest BCUT2D eigenvalue weighted by Crippen LogP contribution is -2.10. The van der Waals surface area contributed by atoms with Crippen molar-refractivity contribution in [3.63, 3.8) is 0 Å². The van der Waals surface area contributed by atoms with E-state index in [-0.39, 0.29) is 0 Å². The predicted molar refractivity (Wildman–Crippen MR) is 69.1 cm³/mol. The summed E-state index contributed by atoms with van der Waals surface area (Å²) >= 11 is 0. The molecule has 0 fully saturated rings. The van der Waals surface area contributed by atoms with Crippen molar-refractivity contribution in [2.75, 3.05) is 6.54 Å². The van der Waals surface area contributed by atoms with Crippen molar-refractivity contribution in [3.05, 3.63) is 24.3 Å². The van der Waals surface area contributed by atoms with Gasteiger partial charge in [0.05, 0.1) is 6.54 Å². The largest absolute Gasteiger partial charge is 0.309 e. The molecule has 0 aromatic rings. The fourth-order valence-corrected chi connectivity index (χ4v) is 1.05. The summed E-state index contributed by atoms with van der Waals surface area (Å²) in [6.07, 6.45) is 4.43. The topological polar surface area (TPSA) is 36.2 Å². The van der Waals surface area contributed by atoms with Gasteiger partial charge in [0.1, 0.15) is 0 Å². The Kier molecular flexibility index (Phi) is 6.59. The highest BCUT2D eigenvalue weighted by Gasteiger charge is 2.03. The van der Waals surface area contributed by atoms with Gasteiger partial charge in [-0.25, -0.2) is 0 Å². The van der Waals surface area contributed by atoms with E-state index in [0.29, 0.717) is 18.9 Å². The van der Waals surface area contributed by atoms with Gasteiger partial charge in [-0.15, -0.1) is 0 Å². The molecule has 0 heterocycles. The van der Waals surface area contributed by atoms with Crippen LogP contribution in [0.4, 0.5) is 0 Å². The molecule has 2 heteroatoms. The highest BCUT2D eigenvalue weighted by atomic mass is 14.7. The van der Waals surface area contributed by atoms with Crippen molar-refractivity contribution in [1.29, 1.82) is 5.41 Å². The molecule has 0 amide bonds. The lowest BCUT2D eigenvalue weighted by molar-refractivity contribution is 0.861. The van der Waals surface area contributed by atoms with Gasteiger partial charge in [-0.3, -0.25) is 4.99 Å². The SMILES string of the molecule is C=CC=C(C)CN=C(C)CC(=N)C(C)C. The van der Waals surface area contributed by atoms with Gasteiger partial charge < -0.3 is 5.41 Å². The zero-order valence-corrected chi connectivity index (χ0v) is 10.3. The molecule has 0 saturated carbocycles. The Labute approximate surface area is 93.3 Å². The fraction of sp³-hybridized carbons (Fsp3) is 0.538. The van der Waals surface area contributed by atoms with Crippen LogP contribution in [0, 0.1) is 11.3 Å². The van der Waals surface area contributed by atoms with E-state index in [0.717, 1.165) is 11.4 Å². The molecule has 0 unspecified atom stereocenters. The lowest BCUT2D eigenvalue weighted by atomic mass is 10.0. The highest BCUT2D eigenvalue weighted by molar-refractivity contribution is 6.02. The number of rotatable bonds is 6. The molecule has 0 radical (unpaired) electrons. The molecule has 15 heavy (non-hydrogen) atoms. The van der Waals surface area contributed by atoms with E-state index < -0.39 is 0 Å². The Morgan fingerprint density at radius 1 is 1.40 bits per heavy atom. The minimum atomic E-state index is 0.319. The van der Waals surface area contributed by atoms with E-state index in [2.05, 4.69) is 11.6 Å². The summed E-state index contributed by atoms with van der Waals surface area (Å²) in [5.74, 6) is 0.319. The third-order valence-corrected chi connectivity index (χ3v) is 2.14. The van der Waals surface area contributed by atoms with E-state index in [4.69, 9.17) is 5.41 Å². The van der Waals surface area contributed by atoms with Crippen LogP contribution in [0.5, 0.6) is 0 Å². The average molecular weight is 206 g/mol. The minimum absolute atomic E-state index is 0.319. The van der Waals surface area contributed by atoms with Crippen LogP contribution in [0.25, 0.3) is 0 Å². The van der Waals surface area contributed by atoms with Crippen molar-refractivity contribution in [2.24, 2.45) is 10.9 Å². The van der Waals surface area contributed by atoms with Crippen LogP contribution in [0.3, 0.4) is 0 Å². The van der Waals surface area contributed by atoms with Crippen LogP contribution in [-0.2, 0) is 0 Å². The van der Waals surface area contributed by atoms with Crippen LogP contribution >= 0.6 is 0 Å². The molecule has 0 atom stereocenters. The van der Waals surface area contributed by atoms with Gasteiger partial charge in [0, 0.05) is 17.8 Å². The van der Waals surface area contributed by atoms with Crippen molar-refractivity contribution in [2.45, 2.75) is 34.1 Å². The zero-order chi connectivity index (χ0) is 11.8. The third-order valence-electron chi connectivity index (χ3n) is 2.14. The number of hydrogen-bond acceptors (Lipinski definition) is 2. The molecule has 0 bridgehead atoms. The summed E-state index contributed by atoms with van der Waals surface area (Å²) in [4.78, 5) is 4.42. The van der Waals surface area contributed by atoms with Crippen molar-refractivity contribution in [3.8, 4) is 0 Å². The number of hydrogen-bond donors (Lipinski definition) is 1. The van der Waals surface area contributed by atoms with Crippen LogP contribution in [0.1, 0.15) is 34.1 Å². The molecular weight excluding hydrogens is 184 g/mol. The second-order valence-corrected chi connectivity index (χ2v) is 4.16. The summed E-state index contributed by atoms with van der Waals surface area (Å²) in [6.45, 7) is 12.5. The zero-order valence-electron chi connectivity index (χ0n) is 10.3. The monoisotopic (exact) mass is 206 g/mol. The predicted octanol–water partition coefficient (Wildman–Crippen LogP) is 3.65. The molecule has 1 N–H and O–H groups in total. The second-order valence-electron chi connectivity index (χ2n) is 4.16. The second kappa shape index (κ2) is 7.16. The quantitative estimate of drug-likeness (QED) is 0.509. The lowest BCUT2D eigenvalue weighted by Gasteiger charge is -2.06. The van der Waals surface area contributed by atoms with Gasteiger partial charge >= 0.3 is 0 Å². The standard InChI is InChI=1S/C13H22N2/c1-6-7-11(4)9-15-12(5)8-13(14)10(2)3/h6-7,10,14H,1,8-9H2,2-5H3. The number of aliphatic imine (C=N–C) groups is 1. The molecule has 0 aliphatic rings. The van der Waals surface area contributed by atoms with Gasteiger partial charge in [-0.1, -0.05) is 38.2 Å². The number of nitrogens with one attached hydrogen (secondary N) is 1. The van der Waals surface area contributed by atoms with E-state index in [1.54, 1.807) is 6.08 Å². The molecule has 0 aliphatic carbocycles.